The van der Waals surface area contributed by atoms with Gasteiger partial charge in [0.15, 0.2) is 22.2 Å². The van der Waals surface area contributed by atoms with Gasteiger partial charge in [-0.2, -0.15) is 0 Å². The molecular weight excluding hydrogens is 336 g/mol. The van der Waals surface area contributed by atoms with Gasteiger partial charge in [-0.15, -0.1) is 0 Å². The molecule has 1 aromatic rings. The van der Waals surface area contributed by atoms with Crippen molar-refractivity contribution in [1.29, 1.82) is 0 Å². The Kier molecular flexibility index (Phi) is 5.43. The minimum absolute atomic E-state index is 0.0223. The SMILES string of the molecule is CCN(C(=O)COc1ccc(C)cc1[N+](=O)[O-])[C@@H]1CCS(=O)(=O)C1. The molecule has 0 aliphatic carbocycles. The number of carbonyl (C=O) groups excluding carboxylic acids is 1. The van der Waals surface area contributed by atoms with Gasteiger partial charge in [-0.1, -0.05) is 6.07 Å². The third kappa shape index (κ3) is 4.22. The second-order valence-electron chi connectivity index (χ2n) is 5.75. The van der Waals surface area contributed by atoms with Crippen LogP contribution in [0.5, 0.6) is 5.75 Å². The van der Waals surface area contributed by atoms with E-state index in [-0.39, 0.29) is 41.5 Å². The van der Waals surface area contributed by atoms with Crippen LogP contribution in [0, 0.1) is 17.0 Å². The van der Waals surface area contributed by atoms with Crippen molar-refractivity contribution in [2.75, 3.05) is 24.7 Å². The molecule has 0 radical (unpaired) electrons. The fourth-order valence-electron chi connectivity index (χ4n) is 2.77. The van der Waals surface area contributed by atoms with Gasteiger partial charge in [0.1, 0.15) is 0 Å². The van der Waals surface area contributed by atoms with E-state index in [0.717, 1.165) is 0 Å². The van der Waals surface area contributed by atoms with E-state index in [1.807, 2.05) is 0 Å². The van der Waals surface area contributed by atoms with Crippen LogP contribution < -0.4 is 4.74 Å². The predicted molar refractivity (Wildman–Crippen MR) is 87.8 cm³/mol. The standard InChI is InChI=1S/C15H20N2O6S/c1-3-16(12-6-7-24(21,22)10-12)15(18)9-23-14-5-4-11(2)8-13(14)17(19)20/h4-5,8,12H,3,6-7,9-10H2,1-2H3/t12-/m1/s1. The monoisotopic (exact) mass is 356 g/mol. The molecule has 9 heteroatoms. The van der Waals surface area contributed by atoms with Crippen molar-refractivity contribution in [1.82, 2.24) is 4.90 Å². The zero-order chi connectivity index (χ0) is 17.9. The number of hydrogen-bond donors (Lipinski definition) is 0. The number of carbonyl (C=O) groups is 1. The largest absolute Gasteiger partial charge is 0.477 e. The Morgan fingerprint density at radius 2 is 2.17 bits per heavy atom. The van der Waals surface area contributed by atoms with Crippen LogP contribution in [0.1, 0.15) is 18.9 Å². The first kappa shape index (κ1) is 18.2. The molecule has 1 atom stereocenters. The topological polar surface area (TPSA) is 107 Å². The summed E-state index contributed by atoms with van der Waals surface area (Å²) >= 11 is 0. The van der Waals surface area contributed by atoms with Gasteiger partial charge in [-0.05, 0) is 31.9 Å². The Morgan fingerprint density at radius 3 is 2.71 bits per heavy atom. The quantitative estimate of drug-likeness (QED) is 0.562. The lowest BCUT2D eigenvalue weighted by Crippen LogP contribution is -2.43. The van der Waals surface area contributed by atoms with Gasteiger partial charge in [0.05, 0.1) is 16.4 Å². The number of nitrogens with zero attached hydrogens (tertiary/aromatic N) is 2. The minimum Gasteiger partial charge on any atom is -0.477 e. The first-order valence-corrected chi connectivity index (χ1v) is 9.43. The third-order valence-electron chi connectivity index (χ3n) is 3.97. The Bertz CT molecular complexity index is 746. The summed E-state index contributed by atoms with van der Waals surface area (Å²) in [5.41, 5.74) is 0.515. The van der Waals surface area contributed by atoms with Crippen LogP contribution in [0.2, 0.25) is 0 Å². The van der Waals surface area contributed by atoms with Crippen molar-refractivity contribution in [3.8, 4) is 5.75 Å². The van der Waals surface area contributed by atoms with E-state index in [2.05, 4.69) is 0 Å². The minimum atomic E-state index is -3.10. The molecule has 8 nitrogen and oxygen atoms in total. The summed E-state index contributed by atoms with van der Waals surface area (Å²) < 4.78 is 28.5. The van der Waals surface area contributed by atoms with Crippen molar-refractivity contribution in [3.05, 3.63) is 33.9 Å². The number of amides is 1. The van der Waals surface area contributed by atoms with Crippen molar-refractivity contribution in [2.45, 2.75) is 26.3 Å². The number of rotatable bonds is 6. The molecule has 1 saturated heterocycles. The van der Waals surface area contributed by atoms with E-state index in [1.54, 1.807) is 19.9 Å². The smallest absolute Gasteiger partial charge is 0.311 e. The molecule has 0 N–H and O–H groups in total. The number of hydrogen-bond acceptors (Lipinski definition) is 6. The second-order valence-corrected chi connectivity index (χ2v) is 7.98. The van der Waals surface area contributed by atoms with E-state index in [0.29, 0.717) is 18.5 Å². The summed E-state index contributed by atoms with van der Waals surface area (Å²) in [4.78, 5) is 24.3. The normalized spacial score (nSPS) is 19.0. The highest BCUT2D eigenvalue weighted by molar-refractivity contribution is 7.91. The molecule has 1 aromatic carbocycles. The number of likely N-dealkylation sites (N-methyl/N-ethyl adjacent to an activating group) is 1. The van der Waals surface area contributed by atoms with Crippen molar-refractivity contribution >= 4 is 21.4 Å². The zero-order valence-corrected chi connectivity index (χ0v) is 14.4. The van der Waals surface area contributed by atoms with Crippen LogP contribution in [0.3, 0.4) is 0 Å². The first-order valence-electron chi connectivity index (χ1n) is 7.61. The van der Waals surface area contributed by atoms with E-state index >= 15 is 0 Å². The van der Waals surface area contributed by atoms with Gasteiger partial charge in [0, 0.05) is 18.7 Å². The van der Waals surface area contributed by atoms with Crippen molar-refractivity contribution in [3.63, 3.8) is 0 Å². The number of sulfone groups is 1. The molecule has 1 aliphatic heterocycles. The van der Waals surface area contributed by atoms with Crippen LogP contribution in [-0.4, -0.2) is 54.8 Å². The maximum absolute atomic E-state index is 12.3. The molecule has 132 valence electrons. The Morgan fingerprint density at radius 1 is 1.46 bits per heavy atom. The number of ether oxygens (including phenoxy) is 1. The lowest BCUT2D eigenvalue weighted by molar-refractivity contribution is -0.385. The average molecular weight is 356 g/mol. The number of nitro groups is 1. The highest BCUT2D eigenvalue weighted by Crippen LogP contribution is 2.28. The van der Waals surface area contributed by atoms with Crippen LogP contribution in [0.25, 0.3) is 0 Å². The molecule has 1 heterocycles. The molecular formula is C15H20N2O6S. The van der Waals surface area contributed by atoms with Gasteiger partial charge < -0.3 is 9.64 Å². The zero-order valence-electron chi connectivity index (χ0n) is 13.6. The van der Waals surface area contributed by atoms with Crippen molar-refractivity contribution in [2.24, 2.45) is 0 Å². The molecule has 24 heavy (non-hydrogen) atoms. The van der Waals surface area contributed by atoms with E-state index < -0.39 is 14.8 Å². The lowest BCUT2D eigenvalue weighted by atomic mass is 10.2. The summed E-state index contributed by atoms with van der Waals surface area (Å²) in [7, 11) is -3.10. The molecule has 0 saturated carbocycles. The summed E-state index contributed by atoms with van der Waals surface area (Å²) in [6.07, 6.45) is 0.409. The lowest BCUT2D eigenvalue weighted by Gasteiger charge is -2.26. The predicted octanol–water partition coefficient (Wildman–Crippen LogP) is 1.32. The van der Waals surface area contributed by atoms with E-state index in [4.69, 9.17) is 4.74 Å². The van der Waals surface area contributed by atoms with Gasteiger partial charge in [-0.3, -0.25) is 14.9 Å². The highest BCUT2D eigenvalue weighted by Gasteiger charge is 2.34. The molecule has 0 aromatic heterocycles. The molecule has 0 unspecified atom stereocenters. The molecule has 0 spiro atoms. The Balaban J connectivity index is 2.06. The van der Waals surface area contributed by atoms with Gasteiger partial charge in [0.25, 0.3) is 5.91 Å². The van der Waals surface area contributed by atoms with Gasteiger partial charge in [0.2, 0.25) is 0 Å². The first-order chi connectivity index (χ1) is 11.2. The highest BCUT2D eigenvalue weighted by atomic mass is 32.2. The molecule has 1 amide bonds. The van der Waals surface area contributed by atoms with Gasteiger partial charge in [-0.25, -0.2) is 8.42 Å². The third-order valence-corrected chi connectivity index (χ3v) is 5.72. The van der Waals surface area contributed by atoms with Crippen LogP contribution in [0.4, 0.5) is 5.69 Å². The average Bonchev–Trinajstić information content (AvgIpc) is 2.86. The van der Waals surface area contributed by atoms with E-state index in [9.17, 15) is 23.3 Å². The number of aryl methyl sites for hydroxylation is 1. The molecule has 1 fully saturated rings. The van der Waals surface area contributed by atoms with E-state index in [1.165, 1.54) is 17.0 Å². The molecule has 1 aliphatic rings. The van der Waals surface area contributed by atoms with Crippen LogP contribution in [0.15, 0.2) is 18.2 Å². The molecule has 2 rings (SSSR count). The summed E-state index contributed by atoms with van der Waals surface area (Å²) in [5.74, 6) is -0.327. The summed E-state index contributed by atoms with van der Waals surface area (Å²) in [6.45, 7) is 3.48. The Hall–Kier alpha value is -2.16. The van der Waals surface area contributed by atoms with Crippen LogP contribution >= 0.6 is 0 Å². The Labute approximate surface area is 140 Å². The second kappa shape index (κ2) is 7.16. The van der Waals surface area contributed by atoms with Crippen molar-refractivity contribution < 1.29 is 22.9 Å². The molecule has 0 bridgehead atoms. The fourth-order valence-corrected chi connectivity index (χ4v) is 4.50. The summed E-state index contributed by atoms with van der Waals surface area (Å²) in [6, 6.07) is 4.13. The maximum atomic E-state index is 12.3. The fraction of sp³-hybridized carbons (Fsp3) is 0.533. The maximum Gasteiger partial charge on any atom is 0.311 e. The van der Waals surface area contributed by atoms with Crippen LogP contribution in [-0.2, 0) is 14.6 Å². The number of nitro benzene ring substituents is 1. The number of benzene rings is 1. The van der Waals surface area contributed by atoms with Gasteiger partial charge >= 0.3 is 5.69 Å². The summed E-state index contributed by atoms with van der Waals surface area (Å²) in [5, 5.41) is 11.1.